The molecule has 5 nitrogen and oxygen atoms in total. The number of thioether (sulfide) groups is 1. The Balaban J connectivity index is 1.57. The van der Waals surface area contributed by atoms with Crippen LogP contribution in [0.3, 0.4) is 0 Å². The van der Waals surface area contributed by atoms with Crippen molar-refractivity contribution in [3.05, 3.63) is 58.5 Å². The van der Waals surface area contributed by atoms with Gasteiger partial charge in [0.2, 0.25) is 0 Å². The Hall–Kier alpha value is -2.51. The quantitative estimate of drug-likeness (QED) is 0.353. The van der Waals surface area contributed by atoms with Crippen LogP contribution >= 0.6 is 24.0 Å². The van der Waals surface area contributed by atoms with E-state index in [1.54, 1.807) is 6.08 Å². The number of hydrogen-bond acceptors (Lipinski definition) is 6. The zero-order chi connectivity index (χ0) is 20.6. The molecule has 29 heavy (non-hydrogen) atoms. The van der Waals surface area contributed by atoms with Gasteiger partial charge in [-0.05, 0) is 49.2 Å². The lowest BCUT2D eigenvalue weighted by molar-refractivity contribution is -0.115. The second-order valence-corrected chi connectivity index (χ2v) is 8.03. The molecular weight excluding hydrogens is 406 g/mol. The summed E-state index contributed by atoms with van der Waals surface area (Å²) in [4.78, 5) is 12.4. The van der Waals surface area contributed by atoms with Crippen molar-refractivity contribution in [3.63, 3.8) is 0 Å². The summed E-state index contributed by atoms with van der Waals surface area (Å²) in [5.74, 6) is 2.04. The Labute approximate surface area is 180 Å². The molecule has 0 saturated carbocycles. The van der Waals surface area contributed by atoms with Gasteiger partial charge < -0.3 is 19.5 Å². The third kappa shape index (κ3) is 5.98. The van der Waals surface area contributed by atoms with Crippen LogP contribution < -0.4 is 19.5 Å². The molecule has 0 aliphatic carbocycles. The number of amides is 1. The van der Waals surface area contributed by atoms with E-state index in [0.717, 1.165) is 23.3 Å². The molecule has 7 heteroatoms. The summed E-state index contributed by atoms with van der Waals surface area (Å²) < 4.78 is 17.9. The average molecular weight is 430 g/mol. The van der Waals surface area contributed by atoms with E-state index in [1.807, 2.05) is 56.3 Å². The predicted molar refractivity (Wildman–Crippen MR) is 121 cm³/mol. The van der Waals surface area contributed by atoms with Gasteiger partial charge in [-0.1, -0.05) is 48.2 Å². The van der Waals surface area contributed by atoms with Gasteiger partial charge in [-0.3, -0.25) is 4.79 Å². The Kier molecular flexibility index (Phi) is 7.55. The van der Waals surface area contributed by atoms with Crippen molar-refractivity contribution in [1.29, 1.82) is 0 Å². The van der Waals surface area contributed by atoms with E-state index in [2.05, 4.69) is 5.32 Å². The molecule has 0 atom stereocenters. The number of aryl methyl sites for hydroxylation is 1. The molecule has 1 fully saturated rings. The van der Waals surface area contributed by atoms with Gasteiger partial charge in [0.1, 0.15) is 10.1 Å². The van der Waals surface area contributed by atoms with Crippen LogP contribution in [0.15, 0.2) is 47.4 Å². The third-order valence-corrected chi connectivity index (χ3v) is 5.27. The smallest absolute Gasteiger partial charge is 0.263 e. The highest BCUT2D eigenvalue weighted by molar-refractivity contribution is 8.26. The first-order valence-corrected chi connectivity index (χ1v) is 10.6. The highest BCUT2D eigenvalue weighted by Gasteiger charge is 2.22. The third-order valence-electron chi connectivity index (χ3n) is 4.10. The summed E-state index contributed by atoms with van der Waals surface area (Å²) in [5.41, 5.74) is 1.97. The maximum absolute atomic E-state index is 11.8. The topological polar surface area (TPSA) is 56.8 Å². The Morgan fingerprint density at radius 2 is 1.79 bits per heavy atom. The number of rotatable bonds is 9. The van der Waals surface area contributed by atoms with Crippen LogP contribution in [0.5, 0.6) is 17.2 Å². The SMILES string of the molecule is CCOc1cc(/C=C2/SC(=S)NC2=O)ccc1OCCCOc1ccccc1C. The van der Waals surface area contributed by atoms with Crippen molar-refractivity contribution in [3.8, 4) is 17.2 Å². The van der Waals surface area contributed by atoms with E-state index in [1.165, 1.54) is 11.8 Å². The minimum absolute atomic E-state index is 0.174. The number of carbonyl (C=O) groups excluding carboxylic acids is 1. The molecule has 0 bridgehead atoms. The van der Waals surface area contributed by atoms with Crippen LogP contribution in [0.1, 0.15) is 24.5 Å². The van der Waals surface area contributed by atoms with Gasteiger partial charge in [-0.15, -0.1) is 0 Å². The summed E-state index contributed by atoms with van der Waals surface area (Å²) in [6, 6.07) is 13.6. The van der Waals surface area contributed by atoms with Crippen LogP contribution in [-0.2, 0) is 4.79 Å². The second-order valence-electron chi connectivity index (χ2n) is 6.31. The predicted octanol–water partition coefficient (Wildman–Crippen LogP) is 4.73. The minimum Gasteiger partial charge on any atom is -0.493 e. The number of thiocarbonyl (C=S) groups is 1. The van der Waals surface area contributed by atoms with Crippen molar-refractivity contribution < 1.29 is 19.0 Å². The van der Waals surface area contributed by atoms with E-state index in [-0.39, 0.29) is 5.91 Å². The fourth-order valence-corrected chi connectivity index (χ4v) is 3.76. The van der Waals surface area contributed by atoms with Gasteiger partial charge >= 0.3 is 0 Å². The number of carbonyl (C=O) groups is 1. The lowest BCUT2D eigenvalue weighted by Gasteiger charge is -2.13. The summed E-state index contributed by atoms with van der Waals surface area (Å²) in [6.45, 7) is 5.55. The number of nitrogens with one attached hydrogen (secondary N) is 1. The Bertz CT molecular complexity index is 927. The molecule has 0 spiro atoms. The zero-order valence-corrected chi connectivity index (χ0v) is 18.0. The van der Waals surface area contributed by atoms with Gasteiger partial charge in [0.25, 0.3) is 5.91 Å². The molecule has 0 radical (unpaired) electrons. The molecule has 1 saturated heterocycles. The Morgan fingerprint density at radius 1 is 1.03 bits per heavy atom. The van der Waals surface area contributed by atoms with Gasteiger partial charge in [-0.25, -0.2) is 0 Å². The molecule has 0 aromatic heterocycles. The standard InChI is InChI=1S/C22H23NO4S2/c1-3-25-19-13-16(14-20-21(24)23-22(28)29-20)9-10-18(19)27-12-6-11-26-17-8-5-4-7-15(17)2/h4-5,7-10,13-14H,3,6,11-12H2,1-2H3,(H,23,24,28)/b20-14+. The zero-order valence-electron chi connectivity index (χ0n) is 16.4. The summed E-state index contributed by atoms with van der Waals surface area (Å²) in [6.07, 6.45) is 2.54. The number of ether oxygens (including phenoxy) is 3. The molecule has 1 aliphatic heterocycles. The van der Waals surface area contributed by atoms with Crippen LogP contribution in [0.25, 0.3) is 6.08 Å². The fraction of sp³-hybridized carbons (Fsp3) is 0.273. The molecule has 2 aromatic rings. The van der Waals surface area contributed by atoms with Crippen molar-refractivity contribution in [2.45, 2.75) is 20.3 Å². The largest absolute Gasteiger partial charge is 0.493 e. The number of hydrogen-bond donors (Lipinski definition) is 1. The van der Waals surface area contributed by atoms with Gasteiger partial charge in [-0.2, -0.15) is 0 Å². The normalized spacial score (nSPS) is 14.8. The van der Waals surface area contributed by atoms with E-state index >= 15 is 0 Å². The maximum Gasteiger partial charge on any atom is 0.263 e. The monoisotopic (exact) mass is 429 g/mol. The molecule has 1 amide bonds. The first-order chi connectivity index (χ1) is 14.1. The fourth-order valence-electron chi connectivity index (χ4n) is 2.72. The van der Waals surface area contributed by atoms with E-state index in [9.17, 15) is 4.79 Å². The Morgan fingerprint density at radius 3 is 2.48 bits per heavy atom. The van der Waals surface area contributed by atoms with Crippen LogP contribution in [-0.4, -0.2) is 30.0 Å². The van der Waals surface area contributed by atoms with E-state index in [4.69, 9.17) is 26.4 Å². The van der Waals surface area contributed by atoms with Crippen LogP contribution in [0.4, 0.5) is 0 Å². The molecule has 1 heterocycles. The summed E-state index contributed by atoms with van der Waals surface area (Å²) >= 11 is 6.28. The first kappa shape index (κ1) is 21.2. The van der Waals surface area contributed by atoms with Crippen molar-refractivity contribution >= 4 is 40.3 Å². The van der Waals surface area contributed by atoms with Gasteiger partial charge in [0.05, 0.1) is 24.7 Å². The van der Waals surface area contributed by atoms with Gasteiger partial charge in [0.15, 0.2) is 11.5 Å². The molecule has 1 aliphatic rings. The molecule has 0 unspecified atom stereocenters. The van der Waals surface area contributed by atoms with Crippen molar-refractivity contribution in [1.82, 2.24) is 5.32 Å². The van der Waals surface area contributed by atoms with Crippen LogP contribution in [0, 0.1) is 6.92 Å². The van der Waals surface area contributed by atoms with Crippen molar-refractivity contribution in [2.24, 2.45) is 0 Å². The van der Waals surface area contributed by atoms with Crippen molar-refractivity contribution in [2.75, 3.05) is 19.8 Å². The molecule has 152 valence electrons. The molecule has 2 aromatic carbocycles. The highest BCUT2D eigenvalue weighted by atomic mass is 32.2. The van der Waals surface area contributed by atoms with E-state index in [0.29, 0.717) is 40.5 Å². The molecule has 3 rings (SSSR count). The highest BCUT2D eigenvalue weighted by Crippen LogP contribution is 2.32. The number of para-hydroxylation sites is 1. The molecular formula is C22H23NO4S2. The first-order valence-electron chi connectivity index (χ1n) is 9.39. The number of benzene rings is 2. The average Bonchev–Trinajstić information content (AvgIpc) is 3.01. The van der Waals surface area contributed by atoms with E-state index < -0.39 is 0 Å². The maximum atomic E-state index is 11.8. The lowest BCUT2D eigenvalue weighted by atomic mass is 10.2. The summed E-state index contributed by atoms with van der Waals surface area (Å²) in [5, 5.41) is 2.61. The van der Waals surface area contributed by atoms with Gasteiger partial charge in [0, 0.05) is 6.42 Å². The lowest BCUT2D eigenvalue weighted by Crippen LogP contribution is -2.17. The summed E-state index contributed by atoms with van der Waals surface area (Å²) in [7, 11) is 0. The minimum atomic E-state index is -0.174. The second kappa shape index (κ2) is 10.3. The molecule has 1 N–H and O–H groups in total. The van der Waals surface area contributed by atoms with Crippen LogP contribution in [0.2, 0.25) is 0 Å².